The molecule has 8 nitrogen and oxygen atoms in total. The standard InChI is InChI=1S/C15H15N5O3/c1-2-23-14(22)9-3-4-12-10(5-9)7-17-20(12)8-11-6-13(21)19-15(16)18-11/h3-7H,2,8H2,1H3,(H3,16,18,19,21). The van der Waals surface area contributed by atoms with Gasteiger partial charge in [0, 0.05) is 11.5 Å². The van der Waals surface area contributed by atoms with Crippen LogP contribution in [0.15, 0.2) is 35.3 Å². The number of benzene rings is 1. The number of fused-ring (bicyclic) bond motifs is 1. The molecule has 0 unspecified atom stereocenters. The summed E-state index contributed by atoms with van der Waals surface area (Å²) in [6, 6.07) is 6.55. The van der Waals surface area contributed by atoms with Gasteiger partial charge in [0.2, 0.25) is 5.95 Å². The number of carbonyl (C=O) groups is 1. The summed E-state index contributed by atoms with van der Waals surface area (Å²) in [6.45, 7) is 2.39. The predicted octanol–water partition coefficient (Wildman–Crippen LogP) is 0.927. The number of nitrogens with one attached hydrogen (secondary N) is 1. The highest BCUT2D eigenvalue weighted by Crippen LogP contribution is 2.17. The van der Waals surface area contributed by atoms with Crippen LogP contribution in [0.5, 0.6) is 0 Å². The summed E-state index contributed by atoms with van der Waals surface area (Å²) in [7, 11) is 0. The van der Waals surface area contributed by atoms with Crippen molar-refractivity contribution >= 4 is 22.8 Å². The van der Waals surface area contributed by atoms with Gasteiger partial charge < -0.3 is 10.5 Å². The average Bonchev–Trinajstić information content (AvgIpc) is 2.89. The molecule has 0 saturated heterocycles. The molecule has 0 spiro atoms. The van der Waals surface area contributed by atoms with Gasteiger partial charge in [-0.15, -0.1) is 0 Å². The van der Waals surface area contributed by atoms with Crippen LogP contribution in [0.4, 0.5) is 5.95 Å². The number of H-pyrrole nitrogens is 1. The number of carbonyl (C=O) groups excluding carboxylic acids is 1. The fourth-order valence-corrected chi connectivity index (χ4v) is 2.32. The molecule has 0 bridgehead atoms. The van der Waals surface area contributed by atoms with E-state index in [4.69, 9.17) is 10.5 Å². The first-order valence-electron chi connectivity index (χ1n) is 7.05. The zero-order valence-electron chi connectivity index (χ0n) is 12.4. The molecule has 0 radical (unpaired) electrons. The van der Waals surface area contributed by atoms with Gasteiger partial charge in [-0.05, 0) is 25.1 Å². The molecule has 1 aromatic carbocycles. The molecular formula is C15H15N5O3. The summed E-state index contributed by atoms with van der Waals surface area (Å²) >= 11 is 0. The van der Waals surface area contributed by atoms with E-state index >= 15 is 0 Å². The molecule has 0 amide bonds. The smallest absolute Gasteiger partial charge is 0.338 e. The van der Waals surface area contributed by atoms with Crippen LogP contribution in [0, 0.1) is 0 Å². The number of hydrogen-bond acceptors (Lipinski definition) is 6. The molecule has 2 aromatic heterocycles. The van der Waals surface area contributed by atoms with Crippen molar-refractivity contribution in [3.8, 4) is 0 Å². The van der Waals surface area contributed by atoms with Gasteiger partial charge in [0.15, 0.2) is 0 Å². The highest BCUT2D eigenvalue weighted by molar-refractivity contribution is 5.94. The van der Waals surface area contributed by atoms with Crippen LogP contribution in [0.2, 0.25) is 0 Å². The summed E-state index contributed by atoms with van der Waals surface area (Å²) < 4.78 is 6.66. The minimum absolute atomic E-state index is 0.0635. The van der Waals surface area contributed by atoms with Crippen LogP contribution in [-0.4, -0.2) is 32.3 Å². The third-order valence-corrected chi connectivity index (χ3v) is 3.28. The van der Waals surface area contributed by atoms with Gasteiger partial charge in [0.1, 0.15) is 0 Å². The third kappa shape index (κ3) is 3.05. The molecular weight excluding hydrogens is 298 g/mol. The summed E-state index contributed by atoms with van der Waals surface area (Å²) in [5.74, 6) is -0.306. The maximum atomic E-state index is 11.7. The number of anilines is 1. The van der Waals surface area contributed by atoms with Crippen LogP contribution in [0.3, 0.4) is 0 Å². The Morgan fingerprint density at radius 1 is 1.39 bits per heavy atom. The van der Waals surface area contributed by atoms with Crippen molar-refractivity contribution in [3.05, 3.63) is 52.1 Å². The van der Waals surface area contributed by atoms with Gasteiger partial charge in [-0.25, -0.2) is 9.78 Å². The Morgan fingerprint density at radius 2 is 2.22 bits per heavy atom. The quantitative estimate of drug-likeness (QED) is 0.692. The van der Waals surface area contributed by atoms with Crippen LogP contribution < -0.4 is 11.3 Å². The Balaban J connectivity index is 1.93. The first kappa shape index (κ1) is 14.8. The number of nitrogens with zero attached hydrogens (tertiary/aromatic N) is 3. The summed E-state index contributed by atoms with van der Waals surface area (Å²) in [4.78, 5) is 29.6. The lowest BCUT2D eigenvalue weighted by molar-refractivity contribution is 0.0526. The van der Waals surface area contributed by atoms with E-state index in [2.05, 4.69) is 15.1 Å². The van der Waals surface area contributed by atoms with Crippen molar-refractivity contribution in [2.24, 2.45) is 0 Å². The Bertz CT molecular complexity index is 928. The van der Waals surface area contributed by atoms with Crippen LogP contribution in [0.1, 0.15) is 23.0 Å². The van der Waals surface area contributed by atoms with Crippen molar-refractivity contribution in [2.75, 3.05) is 12.3 Å². The second-order valence-corrected chi connectivity index (χ2v) is 4.92. The summed E-state index contributed by atoms with van der Waals surface area (Å²) in [5.41, 5.74) is 7.02. The lowest BCUT2D eigenvalue weighted by Gasteiger charge is -2.05. The number of aromatic amines is 1. The second-order valence-electron chi connectivity index (χ2n) is 4.92. The van der Waals surface area contributed by atoms with Crippen molar-refractivity contribution in [3.63, 3.8) is 0 Å². The first-order valence-corrected chi connectivity index (χ1v) is 7.05. The molecule has 0 fully saturated rings. The van der Waals surface area contributed by atoms with E-state index in [1.54, 1.807) is 36.0 Å². The summed E-state index contributed by atoms with van der Waals surface area (Å²) in [6.07, 6.45) is 1.65. The predicted molar refractivity (Wildman–Crippen MR) is 84.1 cm³/mol. The SMILES string of the molecule is CCOC(=O)c1ccc2c(cnn2Cc2cc(=O)[nH]c(N)n2)c1. The van der Waals surface area contributed by atoms with E-state index in [1.807, 2.05) is 0 Å². The highest BCUT2D eigenvalue weighted by Gasteiger charge is 2.10. The number of hydrogen-bond donors (Lipinski definition) is 2. The van der Waals surface area contributed by atoms with Crippen LogP contribution in [0.25, 0.3) is 10.9 Å². The average molecular weight is 313 g/mol. The van der Waals surface area contributed by atoms with Gasteiger partial charge in [0.25, 0.3) is 5.56 Å². The molecule has 0 atom stereocenters. The Labute approximate surface area is 130 Å². The molecule has 118 valence electrons. The second kappa shape index (κ2) is 5.91. The van der Waals surface area contributed by atoms with Crippen molar-refractivity contribution in [1.29, 1.82) is 0 Å². The zero-order chi connectivity index (χ0) is 16.4. The van der Waals surface area contributed by atoms with Crippen molar-refractivity contribution in [1.82, 2.24) is 19.7 Å². The molecule has 23 heavy (non-hydrogen) atoms. The van der Waals surface area contributed by atoms with Gasteiger partial charge in [-0.3, -0.25) is 14.5 Å². The third-order valence-electron chi connectivity index (χ3n) is 3.28. The number of esters is 1. The number of nitrogens with two attached hydrogens (primary N) is 1. The maximum absolute atomic E-state index is 11.7. The van der Waals surface area contributed by atoms with E-state index < -0.39 is 0 Å². The minimum atomic E-state index is -0.369. The first-order chi connectivity index (χ1) is 11.1. The van der Waals surface area contributed by atoms with E-state index in [0.29, 0.717) is 24.4 Å². The molecule has 0 saturated carbocycles. The van der Waals surface area contributed by atoms with Crippen LogP contribution in [-0.2, 0) is 11.3 Å². The molecule has 0 aliphatic carbocycles. The molecule has 2 heterocycles. The molecule has 3 rings (SSSR count). The number of ether oxygens (including phenoxy) is 1. The normalized spacial score (nSPS) is 10.8. The van der Waals surface area contributed by atoms with E-state index in [1.165, 1.54) is 6.07 Å². The molecule has 8 heteroatoms. The van der Waals surface area contributed by atoms with Gasteiger partial charge >= 0.3 is 5.97 Å². The maximum Gasteiger partial charge on any atom is 0.338 e. The molecule has 0 aliphatic heterocycles. The number of aromatic nitrogens is 4. The van der Waals surface area contributed by atoms with E-state index in [-0.39, 0.29) is 17.5 Å². The molecule has 0 aliphatic rings. The van der Waals surface area contributed by atoms with Crippen molar-refractivity contribution < 1.29 is 9.53 Å². The number of rotatable bonds is 4. The minimum Gasteiger partial charge on any atom is -0.462 e. The fraction of sp³-hybridized carbons (Fsp3) is 0.200. The lowest BCUT2D eigenvalue weighted by Crippen LogP contribution is -2.14. The lowest BCUT2D eigenvalue weighted by atomic mass is 10.1. The fourth-order valence-electron chi connectivity index (χ4n) is 2.32. The van der Waals surface area contributed by atoms with Gasteiger partial charge in [-0.1, -0.05) is 0 Å². The van der Waals surface area contributed by atoms with Crippen molar-refractivity contribution in [2.45, 2.75) is 13.5 Å². The Morgan fingerprint density at radius 3 is 2.96 bits per heavy atom. The van der Waals surface area contributed by atoms with Crippen LogP contribution >= 0.6 is 0 Å². The zero-order valence-corrected chi connectivity index (χ0v) is 12.4. The summed E-state index contributed by atoms with van der Waals surface area (Å²) in [5, 5.41) is 5.07. The van der Waals surface area contributed by atoms with Gasteiger partial charge in [-0.2, -0.15) is 5.10 Å². The van der Waals surface area contributed by atoms with Gasteiger partial charge in [0.05, 0.1) is 36.1 Å². The monoisotopic (exact) mass is 313 g/mol. The topological polar surface area (TPSA) is 116 Å². The largest absolute Gasteiger partial charge is 0.462 e. The Kier molecular flexibility index (Phi) is 3.80. The molecule has 3 N–H and O–H groups in total. The van der Waals surface area contributed by atoms with E-state index in [0.717, 1.165) is 10.9 Å². The number of nitrogen functional groups attached to an aromatic ring is 1. The highest BCUT2D eigenvalue weighted by atomic mass is 16.5. The van der Waals surface area contributed by atoms with E-state index in [9.17, 15) is 9.59 Å². The molecule has 3 aromatic rings. The Hall–Kier alpha value is -3.16.